The number of carbonyl (C=O) groups is 1. The van der Waals surface area contributed by atoms with Crippen molar-refractivity contribution >= 4 is 28.5 Å². The first-order valence-electron chi connectivity index (χ1n) is 6.99. The number of hydrogen-bond acceptors (Lipinski definition) is 3. The second kappa shape index (κ2) is 6.91. The van der Waals surface area contributed by atoms with Gasteiger partial charge in [0.05, 0.1) is 11.0 Å². The van der Waals surface area contributed by atoms with E-state index in [0.29, 0.717) is 24.0 Å². The molecule has 21 heavy (non-hydrogen) atoms. The van der Waals surface area contributed by atoms with Gasteiger partial charge in [-0.2, -0.15) is 0 Å². The SMILES string of the molecule is COCCCNC(=O)c1ccc2c(c1)nc(Cl)n2C(C)C. The number of methoxy groups -OCH3 is 1. The van der Waals surface area contributed by atoms with Crippen LogP contribution in [0.5, 0.6) is 0 Å². The summed E-state index contributed by atoms with van der Waals surface area (Å²) < 4.78 is 6.89. The summed E-state index contributed by atoms with van der Waals surface area (Å²) in [5.74, 6) is -0.108. The smallest absolute Gasteiger partial charge is 0.251 e. The summed E-state index contributed by atoms with van der Waals surface area (Å²) in [5, 5.41) is 3.30. The van der Waals surface area contributed by atoms with Crippen LogP contribution < -0.4 is 5.32 Å². The average Bonchev–Trinajstić information content (AvgIpc) is 2.78. The van der Waals surface area contributed by atoms with Crippen LogP contribution in [0.4, 0.5) is 0 Å². The number of ether oxygens (including phenoxy) is 1. The van der Waals surface area contributed by atoms with Crippen LogP contribution in [0.3, 0.4) is 0 Å². The first-order chi connectivity index (χ1) is 10.0. The van der Waals surface area contributed by atoms with Crippen molar-refractivity contribution in [2.24, 2.45) is 0 Å². The number of imidazole rings is 1. The number of aromatic nitrogens is 2. The molecular formula is C15H20ClN3O2. The quantitative estimate of drug-likeness (QED) is 0.834. The van der Waals surface area contributed by atoms with Gasteiger partial charge in [-0.3, -0.25) is 4.79 Å². The van der Waals surface area contributed by atoms with Gasteiger partial charge in [0.25, 0.3) is 5.91 Å². The Morgan fingerprint density at radius 3 is 2.90 bits per heavy atom. The molecule has 0 aliphatic rings. The molecule has 0 unspecified atom stereocenters. The van der Waals surface area contributed by atoms with Gasteiger partial charge in [-0.15, -0.1) is 0 Å². The largest absolute Gasteiger partial charge is 0.385 e. The molecule has 1 heterocycles. The third-order valence-electron chi connectivity index (χ3n) is 3.24. The lowest BCUT2D eigenvalue weighted by molar-refractivity contribution is 0.0948. The highest BCUT2D eigenvalue weighted by atomic mass is 35.5. The normalized spacial score (nSPS) is 11.3. The number of halogens is 1. The summed E-state index contributed by atoms with van der Waals surface area (Å²) in [6.07, 6.45) is 0.790. The van der Waals surface area contributed by atoms with E-state index >= 15 is 0 Å². The summed E-state index contributed by atoms with van der Waals surface area (Å²) in [6.45, 7) is 5.31. The Morgan fingerprint density at radius 2 is 2.24 bits per heavy atom. The minimum atomic E-state index is -0.108. The van der Waals surface area contributed by atoms with Gasteiger partial charge in [0.1, 0.15) is 0 Å². The zero-order chi connectivity index (χ0) is 15.4. The second-order valence-electron chi connectivity index (χ2n) is 5.15. The van der Waals surface area contributed by atoms with Crippen LogP contribution in [0.25, 0.3) is 11.0 Å². The van der Waals surface area contributed by atoms with E-state index in [1.165, 1.54) is 0 Å². The molecule has 2 aromatic rings. The molecular weight excluding hydrogens is 290 g/mol. The molecule has 0 atom stereocenters. The third-order valence-corrected chi connectivity index (χ3v) is 3.50. The maximum atomic E-state index is 12.1. The zero-order valence-electron chi connectivity index (χ0n) is 12.5. The van der Waals surface area contributed by atoms with Crippen molar-refractivity contribution < 1.29 is 9.53 Å². The van der Waals surface area contributed by atoms with Crippen LogP contribution in [0.15, 0.2) is 18.2 Å². The van der Waals surface area contributed by atoms with Gasteiger partial charge in [-0.25, -0.2) is 4.98 Å². The Morgan fingerprint density at radius 1 is 1.48 bits per heavy atom. The molecule has 0 spiro atoms. The highest BCUT2D eigenvalue weighted by molar-refractivity contribution is 6.29. The molecule has 0 bridgehead atoms. The summed E-state index contributed by atoms with van der Waals surface area (Å²) in [6, 6.07) is 5.67. The molecule has 1 amide bonds. The Hall–Kier alpha value is -1.59. The number of nitrogens with one attached hydrogen (secondary N) is 1. The van der Waals surface area contributed by atoms with E-state index in [2.05, 4.69) is 10.3 Å². The van der Waals surface area contributed by atoms with Crippen LogP contribution >= 0.6 is 11.6 Å². The van der Waals surface area contributed by atoms with Gasteiger partial charge in [-0.05, 0) is 50.1 Å². The molecule has 0 aliphatic heterocycles. The van der Waals surface area contributed by atoms with Gasteiger partial charge in [-0.1, -0.05) is 0 Å². The van der Waals surface area contributed by atoms with Gasteiger partial charge >= 0.3 is 0 Å². The monoisotopic (exact) mass is 309 g/mol. The predicted molar refractivity (Wildman–Crippen MR) is 84.0 cm³/mol. The first kappa shape index (κ1) is 15.8. The molecule has 2 rings (SSSR count). The van der Waals surface area contributed by atoms with Crippen molar-refractivity contribution in [1.29, 1.82) is 0 Å². The van der Waals surface area contributed by atoms with Crippen molar-refractivity contribution in [2.75, 3.05) is 20.3 Å². The number of carbonyl (C=O) groups excluding carboxylic acids is 1. The van der Waals surface area contributed by atoms with Crippen LogP contribution in [0.2, 0.25) is 5.28 Å². The molecule has 0 saturated carbocycles. The number of nitrogens with zero attached hydrogens (tertiary/aromatic N) is 2. The second-order valence-corrected chi connectivity index (χ2v) is 5.49. The van der Waals surface area contributed by atoms with E-state index in [4.69, 9.17) is 16.3 Å². The number of amides is 1. The maximum absolute atomic E-state index is 12.1. The van der Waals surface area contributed by atoms with Crippen molar-refractivity contribution in [3.63, 3.8) is 0 Å². The van der Waals surface area contributed by atoms with Gasteiger partial charge in [0, 0.05) is 31.9 Å². The lowest BCUT2D eigenvalue weighted by atomic mass is 10.2. The molecule has 0 fully saturated rings. The molecule has 0 radical (unpaired) electrons. The number of rotatable bonds is 6. The fraction of sp³-hybridized carbons (Fsp3) is 0.467. The van der Waals surface area contributed by atoms with Crippen LogP contribution in [0.1, 0.15) is 36.7 Å². The van der Waals surface area contributed by atoms with E-state index in [9.17, 15) is 4.79 Å². The van der Waals surface area contributed by atoms with Gasteiger partial charge < -0.3 is 14.6 Å². The number of hydrogen-bond donors (Lipinski definition) is 1. The van der Waals surface area contributed by atoms with E-state index in [0.717, 1.165) is 17.5 Å². The summed E-state index contributed by atoms with van der Waals surface area (Å²) in [5.41, 5.74) is 2.26. The van der Waals surface area contributed by atoms with E-state index in [1.54, 1.807) is 19.2 Å². The Kier molecular flexibility index (Phi) is 5.20. The highest BCUT2D eigenvalue weighted by Crippen LogP contribution is 2.24. The van der Waals surface area contributed by atoms with Gasteiger partial charge in [0.2, 0.25) is 5.28 Å². The molecule has 6 heteroatoms. The molecule has 1 aromatic carbocycles. The topological polar surface area (TPSA) is 56.1 Å². The van der Waals surface area contributed by atoms with Crippen molar-refractivity contribution in [3.8, 4) is 0 Å². The Labute approximate surface area is 129 Å². The van der Waals surface area contributed by atoms with Crippen LogP contribution in [-0.4, -0.2) is 35.7 Å². The van der Waals surface area contributed by atoms with E-state index in [-0.39, 0.29) is 11.9 Å². The minimum Gasteiger partial charge on any atom is -0.385 e. The Balaban J connectivity index is 2.18. The summed E-state index contributed by atoms with van der Waals surface area (Å²) >= 11 is 6.15. The maximum Gasteiger partial charge on any atom is 0.251 e. The zero-order valence-corrected chi connectivity index (χ0v) is 13.3. The van der Waals surface area contributed by atoms with E-state index in [1.807, 2.05) is 24.5 Å². The average molecular weight is 310 g/mol. The molecule has 0 saturated heterocycles. The molecule has 1 aromatic heterocycles. The fourth-order valence-corrected chi connectivity index (χ4v) is 2.60. The predicted octanol–water partition coefficient (Wildman–Crippen LogP) is 3.04. The molecule has 1 N–H and O–H groups in total. The summed E-state index contributed by atoms with van der Waals surface area (Å²) in [4.78, 5) is 16.4. The van der Waals surface area contributed by atoms with Crippen LogP contribution in [-0.2, 0) is 4.74 Å². The highest BCUT2D eigenvalue weighted by Gasteiger charge is 2.13. The van der Waals surface area contributed by atoms with Crippen LogP contribution in [0, 0.1) is 0 Å². The fourth-order valence-electron chi connectivity index (χ4n) is 2.22. The van der Waals surface area contributed by atoms with Crippen molar-refractivity contribution in [3.05, 3.63) is 29.0 Å². The van der Waals surface area contributed by atoms with Crippen molar-refractivity contribution in [2.45, 2.75) is 26.3 Å². The Bertz CT molecular complexity index is 637. The molecule has 5 nitrogen and oxygen atoms in total. The minimum absolute atomic E-state index is 0.108. The van der Waals surface area contributed by atoms with Gasteiger partial charge in [0.15, 0.2) is 0 Å². The number of fused-ring (bicyclic) bond motifs is 1. The third kappa shape index (κ3) is 3.54. The van der Waals surface area contributed by atoms with E-state index < -0.39 is 0 Å². The lowest BCUT2D eigenvalue weighted by Gasteiger charge is -2.09. The first-order valence-corrected chi connectivity index (χ1v) is 7.37. The molecule has 0 aliphatic carbocycles. The van der Waals surface area contributed by atoms with Crippen molar-refractivity contribution in [1.82, 2.24) is 14.9 Å². The lowest BCUT2D eigenvalue weighted by Crippen LogP contribution is -2.25. The molecule has 114 valence electrons. The standard InChI is InChI=1S/C15H20ClN3O2/c1-10(2)19-13-6-5-11(9-12(13)18-15(19)16)14(20)17-7-4-8-21-3/h5-6,9-10H,4,7-8H2,1-3H3,(H,17,20). The summed E-state index contributed by atoms with van der Waals surface area (Å²) in [7, 11) is 1.64. The number of benzene rings is 1.